The van der Waals surface area contributed by atoms with Crippen LogP contribution < -0.4 is 10.6 Å². The second-order valence-corrected chi connectivity index (χ2v) is 7.08. The summed E-state index contributed by atoms with van der Waals surface area (Å²) in [6, 6.07) is 0. The van der Waals surface area contributed by atoms with E-state index >= 15 is 0 Å². The monoisotopic (exact) mass is 507 g/mol. The first-order valence-corrected chi connectivity index (χ1v) is 8.86. The van der Waals surface area contributed by atoms with Crippen molar-refractivity contribution in [3.63, 3.8) is 0 Å². The fraction of sp³-hybridized carbons (Fsp3) is 0.733. The molecule has 150 valence electrons. The Labute approximate surface area is 172 Å². The Morgan fingerprint density at radius 3 is 2.50 bits per heavy atom. The molecule has 0 aromatic carbocycles. The minimum absolute atomic E-state index is 0. The highest BCUT2D eigenvalue weighted by atomic mass is 127. The number of halogens is 4. The van der Waals surface area contributed by atoms with Crippen LogP contribution in [0.1, 0.15) is 23.5 Å². The van der Waals surface area contributed by atoms with Gasteiger partial charge in [0.25, 0.3) is 0 Å². The van der Waals surface area contributed by atoms with Crippen LogP contribution in [0.3, 0.4) is 0 Å². The van der Waals surface area contributed by atoms with Gasteiger partial charge in [0, 0.05) is 37.7 Å². The molecule has 1 aliphatic rings. The maximum atomic E-state index is 12.6. The van der Waals surface area contributed by atoms with E-state index in [1.54, 1.807) is 7.05 Å². The summed E-state index contributed by atoms with van der Waals surface area (Å²) in [4.78, 5) is 9.92. The SMILES string of the molecule is CN=C(NCc1nc(C(F)(F)F)cs1)NCC1(N(C)C)CCOCC1.I. The van der Waals surface area contributed by atoms with Crippen LogP contribution >= 0.6 is 35.3 Å². The molecule has 0 aliphatic carbocycles. The number of hydrogen-bond donors (Lipinski definition) is 2. The Kier molecular flexibility index (Phi) is 9.03. The minimum atomic E-state index is -4.41. The Hall–Kier alpha value is -0.660. The predicted molar refractivity (Wildman–Crippen MR) is 107 cm³/mol. The third kappa shape index (κ3) is 6.20. The smallest absolute Gasteiger partial charge is 0.381 e. The van der Waals surface area contributed by atoms with Gasteiger partial charge in [-0.1, -0.05) is 0 Å². The Morgan fingerprint density at radius 2 is 2.00 bits per heavy atom. The van der Waals surface area contributed by atoms with Crippen molar-refractivity contribution in [2.75, 3.05) is 40.9 Å². The van der Waals surface area contributed by atoms with E-state index < -0.39 is 11.9 Å². The number of thiazole rings is 1. The molecule has 0 amide bonds. The molecule has 0 bridgehead atoms. The molecule has 1 aromatic rings. The standard InChI is InChI=1S/C15H24F3N5OS.HI/c1-19-13(20-8-12-22-11(9-25-12)15(16,17)18)21-10-14(23(2)3)4-6-24-7-5-14;/h9H,4-8,10H2,1-3H3,(H2,19,20,21);1H. The van der Waals surface area contributed by atoms with Crippen molar-refractivity contribution in [3.05, 3.63) is 16.1 Å². The van der Waals surface area contributed by atoms with Gasteiger partial charge in [-0.05, 0) is 26.9 Å². The topological polar surface area (TPSA) is 61.8 Å². The molecule has 1 fully saturated rings. The molecule has 0 radical (unpaired) electrons. The van der Waals surface area contributed by atoms with Crippen molar-refractivity contribution in [3.8, 4) is 0 Å². The average molecular weight is 507 g/mol. The maximum absolute atomic E-state index is 12.6. The average Bonchev–Trinajstić information content (AvgIpc) is 3.05. The van der Waals surface area contributed by atoms with Gasteiger partial charge in [0.1, 0.15) is 5.01 Å². The highest BCUT2D eigenvalue weighted by Crippen LogP contribution is 2.30. The molecule has 2 rings (SSSR count). The van der Waals surface area contributed by atoms with Crippen LogP contribution in [0.2, 0.25) is 0 Å². The van der Waals surface area contributed by atoms with E-state index in [-0.39, 0.29) is 36.1 Å². The Morgan fingerprint density at radius 1 is 1.35 bits per heavy atom. The van der Waals surface area contributed by atoms with E-state index in [1.807, 2.05) is 14.1 Å². The maximum Gasteiger partial charge on any atom is 0.434 e. The van der Waals surface area contributed by atoms with Crippen LogP contribution in [0.25, 0.3) is 0 Å². The van der Waals surface area contributed by atoms with E-state index in [4.69, 9.17) is 4.74 Å². The van der Waals surface area contributed by atoms with Crippen molar-refractivity contribution in [1.29, 1.82) is 0 Å². The number of guanidine groups is 1. The first-order valence-electron chi connectivity index (χ1n) is 7.98. The van der Waals surface area contributed by atoms with Gasteiger partial charge in [-0.15, -0.1) is 35.3 Å². The molecule has 2 N–H and O–H groups in total. The molecule has 11 heteroatoms. The van der Waals surface area contributed by atoms with Gasteiger partial charge in [0.05, 0.1) is 6.54 Å². The van der Waals surface area contributed by atoms with Crippen molar-refractivity contribution in [1.82, 2.24) is 20.5 Å². The zero-order chi connectivity index (χ0) is 18.5. The van der Waals surface area contributed by atoms with Gasteiger partial charge in [0.15, 0.2) is 11.7 Å². The zero-order valence-corrected chi connectivity index (χ0v) is 18.2. The van der Waals surface area contributed by atoms with Gasteiger partial charge in [-0.2, -0.15) is 13.2 Å². The lowest BCUT2D eigenvalue weighted by atomic mass is 9.88. The lowest BCUT2D eigenvalue weighted by Gasteiger charge is -2.43. The van der Waals surface area contributed by atoms with E-state index in [0.717, 1.165) is 29.6 Å². The van der Waals surface area contributed by atoms with Gasteiger partial charge < -0.3 is 20.3 Å². The second-order valence-electron chi connectivity index (χ2n) is 6.13. The number of rotatable bonds is 5. The molecule has 1 saturated heterocycles. The number of hydrogen-bond acceptors (Lipinski definition) is 5. The van der Waals surface area contributed by atoms with Crippen LogP contribution in [-0.4, -0.2) is 62.3 Å². The minimum Gasteiger partial charge on any atom is -0.381 e. The third-order valence-corrected chi connectivity index (χ3v) is 5.28. The van der Waals surface area contributed by atoms with Crippen LogP contribution in [0.5, 0.6) is 0 Å². The summed E-state index contributed by atoms with van der Waals surface area (Å²) in [6.07, 6.45) is -2.59. The normalized spacial score (nSPS) is 17.7. The molecule has 0 spiro atoms. The van der Waals surface area contributed by atoms with Gasteiger partial charge in [0.2, 0.25) is 0 Å². The highest BCUT2D eigenvalue weighted by Gasteiger charge is 2.35. The van der Waals surface area contributed by atoms with E-state index in [0.29, 0.717) is 30.7 Å². The lowest BCUT2D eigenvalue weighted by Crippen LogP contribution is -2.57. The number of nitrogens with one attached hydrogen (secondary N) is 2. The molecule has 1 aliphatic heterocycles. The third-order valence-electron chi connectivity index (χ3n) is 4.43. The summed E-state index contributed by atoms with van der Waals surface area (Å²) < 4.78 is 43.2. The number of likely N-dealkylation sites (N-methyl/N-ethyl adjacent to an activating group) is 1. The summed E-state index contributed by atoms with van der Waals surface area (Å²) in [5.41, 5.74) is -0.883. The largest absolute Gasteiger partial charge is 0.434 e. The number of ether oxygens (including phenoxy) is 1. The predicted octanol–water partition coefficient (Wildman–Crippen LogP) is 2.56. The van der Waals surface area contributed by atoms with Crippen LogP contribution in [-0.2, 0) is 17.5 Å². The van der Waals surface area contributed by atoms with Crippen LogP contribution in [0.15, 0.2) is 10.4 Å². The fourth-order valence-corrected chi connectivity index (χ4v) is 3.42. The molecule has 26 heavy (non-hydrogen) atoms. The molecule has 0 atom stereocenters. The number of aromatic nitrogens is 1. The van der Waals surface area contributed by atoms with Gasteiger partial charge in [-0.25, -0.2) is 4.98 Å². The lowest BCUT2D eigenvalue weighted by molar-refractivity contribution is -0.140. The molecule has 0 unspecified atom stereocenters. The second kappa shape index (κ2) is 10.0. The Bertz CT molecular complexity index is 588. The van der Waals surface area contributed by atoms with Crippen LogP contribution in [0, 0.1) is 0 Å². The van der Waals surface area contributed by atoms with E-state index in [1.165, 1.54) is 0 Å². The molecule has 0 saturated carbocycles. The van der Waals surface area contributed by atoms with Crippen molar-refractivity contribution < 1.29 is 17.9 Å². The van der Waals surface area contributed by atoms with Gasteiger partial charge >= 0.3 is 6.18 Å². The van der Waals surface area contributed by atoms with E-state index in [9.17, 15) is 13.2 Å². The molecular formula is C15H25F3IN5OS. The van der Waals surface area contributed by atoms with Gasteiger partial charge in [-0.3, -0.25) is 4.99 Å². The summed E-state index contributed by atoms with van der Waals surface area (Å²) in [5.74, 6) is 0.538. The van der Waals surface area contributed by atoms with Crippen molar-refractivity contribution >= 4 is 41.3 Å². The summed E-state index contributed by atoms with van der Waals surface area (Å²) in [7, 11) is 5.71. The molecule has 1 aromatic heterocycles. The first kappa shape index (κ1) is 23.4. The number of alkyl halides is 3. The quantitative estimate of drug-likeness (QED) is 0.365. The van der Waals surface area contributed by atoms with Crippen molar-refractivity contribution in [2.45, 2.75) is 31.1 Å². The van der Waals surface area contributed by atoms with Crippen molar-refractivity contribution in [2.24, 2.45) is 4.99 Å². The first-order chi connectivity index (χ1) is 11.8. The number of nitrogens with zero attached hydrogens (tertiary/aromatic N) is 3. The highest BCUT2D eigenvalue weighted by molar-refractivity contribution is 14.0. The van der Waals surface area contributed by atoms with E-state index in [2.05, 4.69) is 25.5 Å². The Balaban J connectivity index is 0.00000338. The molecule has 6 nitrogen and oxygen atoms in total. The fourth-order valence-electron chi connectivity index (χ4n) is 2.68. The number of aliphatic imine (C=N–C) groups is 1. The summed E-state index contributed by atoms with van der Waals surface area (Å²) >= 11 is 0.978. The molecule has 2 heterocycles. The summed E-state index contributed by atoms with van der Waals surface area (Å²) in [5, 5.41) is 7.67. The van der Waals surface area contributed by atoms with Crippen LogP contribution in [0.4, 0.5) is 13.2 Å². The zero-order valence-electron chi connectivity index (χ0n) is 15.0. The summed E-state index contributed by atoms with van der Waals surface area (Å²) in [6.45, 7) is 2.30. The molecular weight excluding hydrogens is 482 g/mol.